The minimum absolute atomic E-state index is 0.0122. The predicted octanol–water partition coefficient (Wildman–Crippen LogP) is 1.73. The average Bonchev–Trinajstić information content (AvgIpc) is 3.23. The summed E-state index contributed by atoms with van der Waals surface area (Å²) in [4.78, 5) is 27.7. The van der Waals surface area contributed by atoms with Gasteiger partial charge >= 0.3 is 5.97 Å². The van der Waals surface area contributed by atoms with E-state index in [1.54, 1.807) is 17.0 Å². The van der Waals surface area contributed by atoms with Gasteiger partial charge in [0.2, 0.25) is 15.9 Å². The molecule has 0 bridgehead atoms. The lowest BCUT2D eigenvalue weighted by atomic mass is 10.2. The Balaban J connectivity index is 1.96. The quantitative estimate of drug-likeness (QED) is 0.371. The highest BCUT2D eigenvalue weighted by Crippen LogP contribution is 2.14. The number of aromatic nitrogens is 2. The van der Waals surface area contributed by atoms with Gasteiger partial charge in [-0.1, -0.05) is 18.0 Å². The highest BCUT2D eigenvalue weighted by molar-refractivity contribution is 7.89. The van der Waals surface area contributed by atoms with Gasteiger partial charge in [-0.3, -0.25) is 9.59 Å². The Labute approximate surface area is 180 Å². The fourth-order valence-corrected chi connectivity index (χ4v) is 3.97. The molecule has 164 valence electrons. The summed E-state index contributed by atoms with van der Waals surface area (Å²) in [5.41, 5.74) is 0. The number of imidazole rings is 1. The molecule has 1 aromatic heterocycles. The van der Waals surface area contributed by atoms with Gasteiger partial charge in [0.15, 0.2) is 0 Å². The maximum atomic E-state index is 12.7. The van der Waals surface area contributed by atoms with Crippen molar-refractivity contribution >= 4 is 33.5 Å². The number of amides is 1. The van der Waals surface area contributed by atoms with Crippen LogP contribution in [0.1, 0.15) is 25.7 Å². The number of esters is 1. The molecule has 0 saturated heterocycles. The zero-order valence-corrected chi connectivity index (χ0v) is 18.2. The average molecular weight is 457 g/mol. The van der Waals surface area contributed by atoms with Crippen molar-refractivity contribution in [1.29, 1.82) is 0 Å². The van der Waals surface area contributed by atoms with Crippen molar-refractivity contribution in [1.82, 2.24) is 19.6 Å². The normalized spacial score (nSPS) is 12.3. The monoisotopic (exact) mass is 456 g/mol. The fourth-order valence-electron chi connectivity index (χ4n) is 2.66. The number of nitrogens with one attached hydrogen (secondary N) is 2. The SMILES string of the molecule is COC(=O)CCCCCNC(=O)[C@H](Cn1ccnc1)NS(=O)(=O)c1ccc(Cl)cc1. The standard InChI is InChI=1S/C19H25ClN4O5S/c1-29-18(25)5-3-2-4-10-22-19(26)17(13-24-12-11-21-14-24)23-30(27,28)16-8-6-15(20)7-9-16/h6-9,11-12,14,17,23H,2-5,10,13H2,1H3,(H,22,26)/t17-/m0/s1. The van der Waals surface area contributed by atoms with Crippen molar-refractivity contribution in [3.63, 3.8) is 0 Å². The molecule has 30 heavy (non-hydrogen) atoms. The highest BCUT2D eigenvalue weighted by Gasteiger charge is 2.26. The van der Waals surface area contributed by atoms with E-state index < -0.39 is 22.0 Å². The van der Waals surface area contributed by atoms with Crippen molar-refractivity contribution in [2.24, 2.45) is 0 Å². The lowest BCUT2D eigenvalue weighted by Gasteiger charge is -2.19. The molecule has 2 rings (SSSR count). The van der Waals surface area contributed by atoms with E-state index in [1.165, 1.54) is 37.7 Å². The van der Waals surface area contributed by atoms with E-state index in [1.807, 2.05) is 0 Å². The Hall–Kier alpha value is -2.43. The van der Waals surface area contributed by atoms with Gasteiger partial charge in [0.05, 0.1) is 18.3 Å². The number of sulfonamides is 1. The molecule has 2 N–H and O–H groups in total. The highest BCUT2D eigenvalue weighted by atomic mass is 35.5. The van der Waals surface area contributed by atoms with Gasteiger partial charge in [0.25, 0.3) is 0 Å². The molecule has 0 aliphatic rings. The van der Waals surface area contributed by atoms with E-state index in [9.17, 15) is 18.0 Å². The molecule has 1 atom stereocenters. The minimum Gasteiger partial charge on any atom is -0.469 e. The van der Waals surface area contributed by atoms with Crippen LogP contribution in [0.15, 0.2) is 47.9 Å². The number of hydrogen-bond acceptors (Lipinski definition) is 6. The fraction of sp³-hybridized carbons (Fsp3) is 0.421. The third kappa shape index (κ3) is 7.77. The van der Waals surface area contributed by atoms with Crippen LogP contribution in [0.5, 0.6) is 0 Å². The molecule has 1 aromatic carbocycles. The van der Waals surface area contributed by atoms with Gasteiger partial charge in [-0.15, -0.1) is 0 Å². The molecule has 0 radical (unpaired) electrons. The van der Waals surface area contributed by atoms with Crippen LogP contribution < -0.4 is 10.0 Å². The summed E-state index contributed by atoms with van der Waals surface area (Å²) in [6.07, 6.45) is 7.07. The molecule has 0 aliphatic heterocycles. The summed E-state index contributed by atoms with van der Waals surface area (Å²) in [6.45, 7) is 0.449. The lowest BCUT2D eigenvalue weighted by Crippen LogP contribution is -2.49. The second kappa shape index (κ2) is 11.7. The van der Waals surface area contributed by atoms with Crippen molar-refractivity contribution in [3.8, 4) is 0 Å². The molecule has 2 aromatic rings. The summed E-state index contributed by atoms with van der Waals surface area (Å²) < 4.78 is 34.0. The Kier molecular flexibility index (Phi) is 9.28. The number of methoxy groups -OCH3 is 1. The topological polar surface area (TPSA) is 119 Å². The Morgan fingerprint density at radius 2 is 1.93 bits per heavy atom. The molecule has 0 aliphatic carbocycles. The van der Waals surface area contributed by atoms with Crippen LogP contribution in [0.4, 0.5) is 0 Å². The number of halogens is 1. The largest absolute Gasteiger partial charge is 0.469 e. The van der Waals surface area contributed by atoms with Crippen molar-refractivity contribution in [2.75, 3.05) is 13.7 Å². The third-order valence-corrected chi connectivity index (χ3v) is 6.01. The van der Waals surface area contributed by atoms with Crippen LogP contribution in [0.3, 0.4) is 0 Å². The van der Waals surface area contributed by atoms with Crippen molar-refractivity contribution in [2.45, 2.75) is 43.2 Å². The first kappa shape index (κ1) is 23.8. The molecule has 0 spiro atoms. The molecule has 9 nitrogen and oxygen atoms in total. The zero-order valence-electron chi connectivity index (χ0n) is 16.6. The molecular weight excluding hydrogens is 432 g/mol. The number of nitrogens with zero attached hydrogens (tertiary/aromatic N) is 2. The molecule has 0 unspecified atom stereocenters. The molecule has 0 fully saturated rings. The van der Waals surface area contributed by atoms with Crippen LogP contribution in [-0.2, 0) is 30.9 Å². The number of ether oxygens (including phenoxy) is 1. The van der Waals surface area contributed by atoms with Crippen LogP contribution in [-0.4, -0.2) is 49.5 Å². The number of hydrogen-bond donors (Lipinski definition) is 2. The molecule has 11 heteroatoms. The predicted molar refractivity (Wildman–Crippen MR) is 111 cm³/mol. The Morgan fingerprint density at radius 3 is 2.57 bits per heavy atom. The van der Waals surface area contributed by atoms with E-state index in [2.05, 4.69) is 19.8 Å². The summed E-state index contributed by atoms with van der Waals surface area (Å²) >= 11 is 5.82. The van der Waals surface area contributed by atoms with Crippen LogP contribution in [0.25, 0.3) is 0 Å². The first-order valence-corrected chi connectivity index (χ1v) is 11.3. The lowest BCUT2D eigenvalue weighted by molar-refractivity contribution is -0.140. The third-order valence-electron chi connectivity index (χ3n) is 4.28. The van der Waals surface area contributed by atoms with Crippen LogP contribution >= 0.6 is 11.6 Å². The van der Waals surface area contributed by atoms with Crippen LogP contribution in [0, 0.1) is 0 Å². The van der Waals surface area contributed by atoms with E-state index >= 15 is 0 Å². The minimum atomic E-state index is -3.93. The maximum absolute atomic E-state index is 12.7. The van der Waals surface area contributed by atoms with Crippen molar-refractivity contribution < 1.29 is 22.7 Å². The Bertz CT molecular complexity index is 917. The van der Waals surface area contributed by atoms with E-state index in [0.29, 0.717) is 30.8 Å². The number of unbranched alkanes of at least 4 members (excludes halogenated alkanes) is 2. The second-order valence-corrected chi connectivity index (χ2v) is 8.72. The summed E-state index contributed by atoms with van der Waals surface area (Å²) in [5, 5.41) is 3.15. The van der Waals surface area contributed by atoms with Crippen LogP contribution in [0.2, 0.25) is 5.02 Å². The smallest absolute Gasteiger partial charge is 0.305 e. The Morgan fingerprint density at radius 1 is 1.20 bits per heavy atom. The summed E-state index contributed by atoms with van der Waals surface area (Å²) in [5.74, 6) is -0.717. The molecule has 1 heterocycles. The van der Waals surface area contributed by atoms with Gasteiger partial charge in [-0.2, -0.15) is 4.72 Å². The zero-order chi connectivity index (χ0) is 22.0. The number of carbonyl (C=O) groups excluding carboxylic acids is 2. The number of rotatable bonds is 12. The van der Waals surface area contributed by atoms with Crippen molar-refractivity contribution in [3.05, 3.63) is 48.0 Å². The van der Waals surface area contributed by atoms with E-state index in [0.717, 1.165) is 6.42 Å². The van der Waals surface area contributed by atoms with Gasteiger partial charge < -0.3 is 14.6 Å². The van der Waals surface area contributed by atoms with E-state index in [4.69, 9.17) is 11.6 Å². The number of benzene rings is 1. The second-order valence-electron chi connectivity index (χ2n) is 6.57. The first-order valence-electron chi connectivity index (χ1n) is 9.40. The molecular formula is C19H25ClN4O5S. The summed E-state index contributed by atoms with van der Waals surface area (Å²) in [7, 11) is -2.59. The first-order chi connectivity index (χ1) is 14.3. The van der Waals surface area contributed by atoms with Gasteiger partial charge in [0.1, 0.15) is 6.04 Å². The summed E-state index contributed by atoms with van der Waals surface area (Å²) in [6, 6.07) is 4.65. The maximum Gasteiger partial charge on any atom is 0.305 e. The van der Waals surface area contributed by atoms with E-state index in [-0.39, 0.29) is 17.4 Å². The molecule has 1 amide bonds. The van der Waals surface area contributed by atoms with Gasteiger partial charge in [-0.05, 0) is 37.1 Å². The van der Waals surface area contributed by atoms with Gasteiger partial charge in [-0.25, -0.2) is 13.4 Å². The molecule has 0 saturated carbocycles. The number of carbonyl (C=O) groups is 2. The van der Waals surface area contributed by atoms with Gasteiger partial charge in [0, 0.05) is 36.9 Å².